The molecule has 0 atom stereocenters. The monoisotopic (exact) mass is 1110 g/mol. The van der Waals surface area contributed by atoms with Gasteiger partial charge in [-0.05, 0) is 0 Å². The summed E-state index contributed by atoms with van der Waals surface area (Å²) in [6.07, 6.45) is 0. The first-order valence-corrected chi connectivity index (χ1v) is 50.3. The summed E-state index contributed by atoms with van der Waals surface area (Å²) in [5.74, 6) is 5.15. The van der Waals surface area contributed by atoms with E-state index in [1.807, 2.05) is 29.2 Å². The van der Waals surface area contributed by atoms with Gasteiger partial charge in [-0.15, -0.1) is 0 Å². The maximum absolute atomic E-state index is 2.58. The summed E-state index contributed by atoms with van der Waals surface area (Å²) in [5, 5.41) is 2.00. The van der Waals surface area contributed by atoms with Crippen LogP contribution in [0.25, 0.3) is 0 Å². The molecule has 204 valence electrons. The summed E-state index contributed by atoms with van der Waals surface area (Å²) in [4.78, 5) is 8.78. The van der Waals surface area contributed by atoms with Crippen LogP contribution >= 0.6 is 40.6 Å². The molecule has 8 aliphatic rings. The van der Waals surface area contributed by atoms with Crippen LogP contribution in [0.1, 0.15) is 0 Å². The first-order valence-electron chi connectivity index (χ1n) is 10.5. The van der Waals surface area contributed by atoms with Gasteiger partial charge >= 0.3 is 118 Å². The molecule has 4 N–H and O–H groups in total. The van der Waals surface area contributed by atoms with Crippen LogP contribution in [0.5, 0.6) is 0 Å². The molecule has 0 aliphatic carbocycles. The van der Waals surface area contributed by atoms with E-state index < -0.39 is 13.2 Å². The SMILES string of the molecule is C1C[NH+]2CCN1CC2.C1C[NH+]2CCN1CC2.C[NH2+]C.[SH-].[SH-].[SH-].[SH-].[S]1[Ge][S][Sb-]2([S][Ge][S][Sb][S]2)[S][Sb]1. The Morgan fingerprint density at radius 2 is 0.941 bits per heavy atom. The Kier molecular flexibility index (Phi) is 33.2. The van der Waals surface area contributed by atoms with Gasteiger partial charge in [0.1, 0.15) is 0 Å². The third-order valence-electron chi connectivity index (χ3n) is 5.40. The predicted octanol–water partition coefficient (Wildman–Crippen LogP) is -3.88. The number of nitrogens with one attached hydrogen (secondary N) is 2. The van der Waals surface area contributed by atoms with Crippen molar-refractivity contribution in [2.75, 3.05) is 92.6 Å². The van der Waals surface area contributed by atoms with Crippen LogP contribution in [0, 0.1) is 0 Å². The molecule has 0 unspecified atom stereocenters. The molecule has 0 aromatic heterocycles. The zero-order valence-electron chi connectivity index (χ0n) is 19.5. The van der Waals surface area contributed by atoms with Gasteiger partial charge in [0.25, 0.3) is 0 Å². The summed E-state index contributed by atoms with van der Waals surface area (Å²) in [6.45, 7) is 16.6. The van der Waals surface area contributed by atoms with E-state index in [1.165, 1.54) is 78.5 Å². The molecule has 5 nitrogen and oxygen atoms in total. The van der Waals surface area contributed by atoms with Crippen LogP contribution in [0.3, 0.4) is 0 Å². The molecule has 8 rings (SSSR count). The van der Waals surface area contributed by atoms with Crippen molar-refractivity contribution in [3.05, 3.63) is 0 Å². The van der Waals surface area contributed by atoms with E-state index in [1.54, 1.807) is 0 Å². The number of fused-ring (bicyclic) bond motifs is 6. The molecule has 34 heavy (non-hydrogen) atoms. The van der Waals surface area contributed by atoms with Crippen LogP contribution in [-0.2, 0) is 54.0 Å². The fourth-order valence-corrected chi connectivity index (χ4v) is 569. The number of hydrogen-bond acceptors (Lipinski definition) is 12. The van der Waals surface area contributed by atoms with E-state index in [0.29, 0.717) is 26.3 Å². The van der Waals surface area contributed by atoms with Crippen LogP contribution in [0.4, 0.5) is 0 Å². The van der Waals surface area contributed by atoms with Crippen LogP contribution in [-0.4, -0.2) is 180 Å². The van der Waals surface area contributed by atoms with Gasteiger partial charge in [-0.3, -0.25) is 9.80 Å². The Morgan fingerprint density at radius 3 is 1.09 bits per heavy atom. The minimum absolute atomic E-state index is 0. The topological polar surface area (TPSA) is 32.0 Å². The van der Waals surface area contributed by atoms with Gasteiger partial charge in [-0.25, -0.2) is 0 Å². The van der Waals surface area contributed by atoms with Gasteiger partial charge in [-0.1, -0.05) is 0 Å². The fourth-order valence-electron chi connectivity index (χ4n) is 3.69. The third-order valence-corrected chi connectivity index (χ3v) is 253. The molecule has 4 bridgehead atoms. The fraction of sp³-hybridized carbons (Fsp3) is 1.00. The molecule has 6 radical (unpaired) electrons. The molecule has 0 aromatic rings. The molecule has 0 aromatic carbocycles. The minimum atomic E-state index is -1.33. The van der Waals surface area contributed by atoms with Crippen LogP contribution in [0.15, 0.2) is 0 Å². The van der Waals surface area contributed by atoms with Crippen molar-refractivity contribution in [3.63, 3.8) is 0 Å². The summed E-state index contributed by atoms with van der Waals surface area (Å²) in [7, 11) is 13.9. The van der Waals surface area contributed by atoms with E-state index in [-0.39, 0.29) is 91.6 Å². The van der Waals surface area contributed by atoms with Gasteiger partial charge in [-0.2, -0.15) is 0 Å². The summed E-state index contributed by atoms with van der Waals surface area (Å²) in [6, 6.07) is 0. The number of quaternary nitrogens is 3. The number of nitrogens with zero attached hydrogens (tertiary/aromatic N) is 2. The maximum atomic E-state index is 2.58. The second-order valence-corrected chi connectivity index (χ2v) is 110. The number of nitrogens with two attached hydrogens (primary N) is 1. The Labute approximate surface area is 283 Å². The standard InChI is InChI=1S/2C6H12N2.C2H7N.2GeS2.4H2S.2S.3Sb/c2*1-2-8-5-3-7(1)4-6-8;1-3-2;2*2-1-3;;;;;;;;;/h2*1-6H2;3H,1-2H3;;;4*1H2;;;;;/q;;;2*-2;;;;;;;3*+1/p-1. The summed E-state index contributed by atoms with van der Waals surface area (Å²) >= 11 is 0.166. The van der Waals surface area contributed by atoms with Gasteiger partial charge < -0.3 is 69.1 Å². The van der Waals surface area contributed by atoms with Gasteiger partial charge in [0.05, 0.1) is 53.4 Å². The molecule has 20 heteroatoms. The van der Waals surface area contributed by atoms with Gasteiger partial charge in [0.15, 0.2) is 0 Å². The van der Waals surface area contributed by atoms with E-state index in [0.717, 1.165) is 0 Å². The molecule has 0 saturated carbocycles. The van der Waals surface area contributed by atoms with Crippen LogP contribution < -0.4 is 15.1 Å². The van der Waals surface area contributed by atoms with Crippen molar-refractivity contribution < 1.29 is 15.1 Å². The quantitative estimate of drug-likeness (QED) is 0.126. The Bertz CT molecular complexity index is 388. The van der Waals surface area contributed by atoms with Gasteiger partial charge in [0.2, 0.25) is 0 Å². The average molecular weight is 1110 g/mol. The molecule has 8 fully saturated rings. The molecule has 1 spiro atoms. The van der Waals surface area contributed by atoms with Crippen LogP contribution in [0.2, 0.25) is 0 Å². The van der Waals surface area contributed by atoms with Crippen molar-refractivity contribution in [2.45, 2.75) is 0 Å². The first kappa shape index (κ1) is 43.0. The van der Waals surface area contributed by atoms with E-state index in [9.17, 15) is 0 Å². The molecule has 0 amide bonds. The molecular formula is C14H38Ge2N5S10Sb3-2. The zero-order valence-corrected chi connectivity index (χ0v) is 39.9. The third kappa shape index (κ3) is 17.2. The van der Waals surface area contributed by atoms with Crippen molar-refractivity contribution in [1.82, 2.24) is 9.80 Å². The van der Waals surface area contributed by atoms with Crippen molar-refractivity contribution in [2.24, 2.45) is 0 Å². The number of piperazine rings is 6. The Hall–Kier alpha value is 6.84. The summed E-state index contributed by atoms with van der Waals surface area (Å²) in [5.41, 5.74) is 0. The van der Waals surface area contributed by atoms with E-state index in [4.69, 9.17) is 0 Å². The zero-order chi connectivity index (χ0) is 21.1. The number of rotatable bonds is 0. The Balaban J connectivity index is 0. The molecular weight excluding hydrogens is 1070 g/mol. The number of hydrogen-bond donors (Lipinski definition) is 3. The second kappa shape index (κ2) is 26.3. The predicted molar refractivity (Wildman–Crippen MR) is 187 cm³/mol. The van der Waals surface area contributed by atoms with Gasteiger partial charge in [0, 0.05) is 39.3 Å². The normalized spacial score (nSPS) is 32.5. The summed E-state index contributed by atoms with van der Waals surface area (Å²) < 4.78 is 0. The van der Waals surface area contributed by atoms with Crippen molar-refractivity contribution in [1.29, 1.82) is 0 Å². The van der Waals surface area contributed by atoms with Crippen molar-refractivity contribution >= 4 is 172 Å². The average Bonchev–Trinajstić information content (AvgIpc) is 2.84. The second-order valence-electron chi connectivity index (χ2n) is 7.55. The number of thiol groups is 4. The van der Waals surface area contributed by atoms with E-state index in [2.05, 4.69) is 50.4 Å². The molecule has 8 aliphatic heterocycles. The Morgan fingerprint density at radius 1 is 0.647 bits per heavy atom. The first-order chi connectivity index (χ1) is 14.7. The van der Waals surface area contributed by atoms with E-state index >= 15 is 0 Å². The molecule has 8 heterocycles. The van der Waals surface area contributed by atoms with Crippen molar-refractivity contribution in [3.8, 4) is 0 Å². The molecule has 8 saturated heterocycles.